The van der Waals surface area contributed by atoms with Crippen LogP contribution in [0.4, 0.5) is 0 Å². The Morgan fingerprint density at radius 3 is 2.47 bits per heavy atom. The number of hydrogen-bond donors (Lipinski definition) is 0. The number of halogens is 1. The van der Waals surface area contributed by atoms with Crippen molar-refractivity contribution in [3.8, 4) is 0 Å². The lowest BCUT2D eigenvalue weighted by molar-refractivity contribution is 0.312. The minimum absolute atomic E-state index is 0.0143. The number of benzene rings is 1. The van der Waals surface area contributed by atoms with Crippen LogP contribution in [0.5, 0.6) is 0 Å². The van der Waals surface area contributed by atoms with Gasteiger partial charge in [-0.25, -0.2) is 0 Å². The second kappa shape index (κ2) is 5.85. The van der Waals surface area contributed by atoms with Gasteiger partial charge in [-0.1, -0.05) is 37.6 Å². The maximum absolute atomic E-state index is 10.9. The summed E-state index contributed by atoms with van der Waals surface area (Å²) in [4.78, 5) is 0. The molecule has 0 atom stereocenters. The van der Waals surface area contributed by atoms with E-state index in [0.717, 1.165) is 18.2 Å². The van der Waals surface area contributed by atoms with E-state index in [-0.39, 0.29) is 6.61 Å². The van der Waals surface area contributed by atoms with Gasteiger partial charge >= 0.3 is 0 Å². The van der Waals surface area contributed by atoms with E-state index in [9.17, 15) is 8.42 Å². The third kappa shape index (κ3) is 5.52. The fourth-order valence-corrected chi connectivity index (χ4v) is 2.08. The first-order valence-electron chi connectivity index (χ1n) is 5.39. The van der Waals surface area contributed by atoms with Crippen LogP contribution in [0.15, 0.2) is 18.2 Å². The van der Waals surface area contributed by atoms with Crippen LogP contribution >= 0.6 is 11.6 Å². The van der Waals surface area contributed by atoms with Gasteiger partial charge in [-0.15, -0.1) is 0 Å². The summed E-state index contributed by atoms with van der Waals surface area (Å²) >= 11 is 6.07. The third-order valence-electron chi connectivity index (χ3n) is 2.19. The molecule has 17 heavy (non-hydrogen) atoms. The Balaban J connectivity index is 2.76. The molecule has 3 nitrogen and oxygen atoms in total. The highest BCUT2D eigenvalue weighted by molar-refractivity contribution is 7.85. The van der Waals surface area contributed by atoms with E-state index in [4.69, 9.17) is 15.8 Å². The van der Waals surface area contributed by atoms with E-state index in [0.29, 0.717) is 16.5 Å². The van der Waals surface area contributed by atoms with E-state index in [2.05, 4.69) is 13.8 Å². The van der Waals surface area contributed by atoms with E-state index >= 15 is 0 Å². The van der Waals surface area contributed by atoms with Gasteiger partial charge in [-0.05, 0) is 29.5 Å². The van der Waals surface area contributed by atoms with Crippen LogP contribution < -0.4 is 0 Å². The molecule has 0 heterocycles. The van der Waals surface area contributed by atoms with Gasteiger partial charge in [0.2, 0.25) is 0 Å². The van der Waals surface area contributed by atoms with Crippen molar-refractivity contribution in [2.75, 3.05) is 6.26 Å². The summed E-state index contributed by atoms with van der Waals surface area (Å²) < 4.78 is 26.4. The zero-order valence-corrected chi connectivity index (χ0v) is 11.8. The number of hydrogen-bond acceptors (Lipinski definition) is 3. The van der Waals surface area contributed by atoms with Crippen molar-refractivity contribution in [3.05, 3.63) is 34.3 Å². The molecule has 0 fully saturated rings. The maximum Gasteiger partial charge on any atom is 0.264 e. The van der Waals surface area contributed by atoms with E-state index in [1.807, 2.05) is 18.2 Å². The van der Waals surface area contributed by atoms with Gasteiger partial charge in [0.1, 0.15) is 0 Å². The predicted octanol–water partition coefficient (Wildman–Crippen LogP) is 3.01. The van der Waals surface area contributed by atoms with Crippen LogP contribution in [0.3, 0.4) is 0 Å². The minimum atomic E-state index is -3.43. The summed E-state index contributed by atoms with van der Waals surface area (Å²) in [5.41, 5.74) is 1.83. The Morgan fingerprint density at radius 1 is 1.35 bits per heavy atom. The molecular formula is C12H17ClO3S. The summed E-state index contributed by atoms with van der Waals surface area (Å²) in [6.45, 7) is 4.25. The second-order valence-electron chi connectivity index (χ2n) is 4.49. The zero-order chi connectivity index (χ0) is 13.1. The minimum Gasteiger partial charge on any atom is -0.265 e. The average molecular weight is 277 g/mol. The molecule has 0 radical (unpaired) electrons. The molecule has 0 aliphatic carbocycles. The van der Waals surface area contributed by atoms with E-state index in [1.54, 1.807) is 0 Å². The molecule has 0 aliphatic rings. The molecule has 96 valence electrons. The highest BCUT2D eigenvalue weighted by Gasteiger charge is 2.07. The van der Waals surface area contributed by atoms with Crippen LogP contribution in [0.1, 0.15) is 25.0 Å². The molecule has 0 amide bonds. The molecule has 0 bridgehead atoms. The van der Waals surface area contributed by atoms with Crippen LogP contribution in [0.25, 0.3) is 0 Å². The van der Waals surface area contributed by atoms with Crippen molar-refractivity contribution in [2.45, 2.75) is 26.9 Å². The molecular weight excluding hydrogens is 260 g/mol. The van der Waals surface area contributed by atoms with Crippen LogP contribution in [0, 0.1) is 5.92 Å². The fourth-order valence-electron chi connectivity index (χ4n) is 1.48. The lowest BCUT2D eigenvalue weighted by Gasteiger charge is -2.08. The Bertz CT molecular complexity index is 481. The van der Waals surface area contributed by atoms with Gasteiger partial charge in [0, 0.05) is 5.02 Å². The van der Waals surface area contributed by atoms with Crippen molar-refractivity contribution in [1.29, 1.82) is 0 Å². The smallest absolute Gasteiger partial charge is 0.264 e. The average Bonchev–Trinajstić information content (AvgIpc) is 2.13. The van der Waals surface area contributed by atoms with Gasteiger partial charge in [0.05, 0.1) is 12.9 Å². The monoisotopic (exact) mass is 276 g/mol. The maximum atomic E-state index is 10.9. The standard InChI is InChI=1S/C12H17ClO3S/c1-9(2)6-10-4-5-11(12(13)7-10)8-16-17(3,14)15/h4-5,7,9H,6,8H2,1-3H3. The highest BCUT2D eigenvalue weighted by atomic mass is 35.5. The van der Waals surface area contributed by atoms with Crippen molar-refractivity contribution >= 4 is 21.7 Å². The van der Waals surface area contributed by atoms with Crippen molar-refractivity contribution in [1.82, 2.24) is 0 Å². The molecule has 0 aromatic heterocycles. The topological polar surface area (TPSA) is 43.4 Å². The molecule has 0 unspecified atom stereocenters. The summed E-state index contributed by atoms with van der Waals surface area (Å²) in [6.07, 6.45) is 1.97. The summed E-state index contributed by atoms with van der Waals surface area (Å²) in [6, 6.07) is 5.63. The molecule has 1 rings (SSSR count). The van der Waals surface area contributed by atoms with Crippen LogP contribution in [-0.4, -0.2) is 14.7 Å². The highest BCUT2D eigenvalue weighted by Crippen LogP contribution is 2.21. The zero-order valence-electron chi connectivity index (χ0n) is 10.2. The Labute approximate surface area is 108 Å². The second-order valence-corrected chi connectivity index (χ2v) is 6.54. The van der Waals surface area contributed by atoms with E-state index < -0.39 is 10.1 Å². The molecule has 0 aliphatic heterocycles. The first-order chi connectivity index (χ1) is 7.78. The third-order valence-corrected chi connectivity index (χ3v) is 3.09. The van der Waals surface area contributed by atoms with Crippen molar-refractivity contribution in [3.63, 3.8) is 0 Å². The van der Waals surface area contributed by atoms with Gasteiger partial charge in [-0.2, -0.15) is 8.42 Å². The summed E-state index contributed by atoms with van der Waals surface area (Å²) in [7, 11) is -3.43. The lowest BCUT2D eigenvalue weighted by Crippen LogP contribution is -2.03. The first kappa shape index (κ1) is 14.5. The molecule has 5 heteroatoms. The van der Waals surface area contributed by atoms with E-state index in [1.165, 1.54) is 0 Å². The van der Waals surface area contributed by atoms with Crippen molar-refractivity contribution < 1.29 is 12.6 Å². The Morgan fingerprint density at radius 2 is 2.00 bits per heavy atom. The first-order valence-corrected chi connectivity index (χ1v) is 7.59. The molecule has 1 aromatic carbocycles. The van der Waals surface area contributed by atoms with Gasteiger partial charge in [0.25, 0.3) is 10.1 Å². The SMILES string of the molecule is CC(C)Cc1ccc(COS(C)(=O)=O)c(Cl)c1. The van der Waals surface area contributed by atoms with Crippen LogP contribution in [0.2, 0.25) is 5.02 Å². The molecule has 0 saturated carbocycles. The Hall–Kier alpha value is -0.580. The fraction of sp³-hybridized carbons (Fsp3) is 0.500. The summed E-state index contributed by atoms with van der Waals surface area (Å²) in [5, 5.41) is 0.548. The van der Waals surface area contributed by atoms with Gasteiger partial charge in [-0.3, -0.25) is 4.18 Å². The normalized spacial score (nSPS) is 12.1. The predicted molar refractivity (Wildman–Crippen MR) is 69.6 cm³/mol. The molecule has 1 aromatic rings. The quantitative estimate of drug-likeness (QED) is 0.777. The van der Waals surface area contributed by atoms with Crippen LogP contribution in [-0.2, 0) is 27.3 Å². The molecule has 0 saturated heterocycles. The Kier molecular flexibility index (Phi) is 4.98. The van der Waals surface area contributed by atoms with Gasteiger partial charge in [0.15, 0.2) is 0 Å². The number of rotatable bonds is 5. The molecule has 0 N–H and O–H groups in total. The lowest BCUT2D eigenvalue weighted by atomic mass is 10.0. The van der Waals surface area contributed by atoms with Gasteiger partial charge < -0.3 is 0 Å². The van der Waals surface area contributed by atoms with Crippen molar-refractivity contribution in [2.24, 2.45) is 5.92 Å². The largest absolute Gasteiger partial charge is 0.265 e. The molecule has 0 spiro atoms. The summed E-state index contributed by atoms with van der Waals surface area (Å²) in [5.74, 6) is 0.559.